The van der Waals surface area contributed by atoms with Gasteiger partial charge in [0, 0.05) is 40.6 Å². The van der Waals surface area contributed by atoms with E-state index < -0.39 is 0 Å². The number of hydrogen-bond acceptors (Lipinski definition) is 5. The summed E-state index contributed by atoms with van der Waals surface area (Å²) in [4.78, 5) is 14.5. The summed E-state index contributed by atoms with van der Waals surface area (Å²) in [6.07, 6.45) is 5.48. The molecule has 0 aliphatic heterocycles. The van der Waals surface area contributed by atoms with Gasteiger partial charge in [-0.3, -0.25) is 4.98 Å². The van der Waals surface area contributed by atoms with Gasteiger partial charge >= 0.3 is 0 Å². The first-order chi connectivity index (χ1) is 10.2. The molecule has 0 fully saturated rings. The molecule has 0 saturated carbocycles. The molecule has 3 aromatic rings. The van der Waals surface area contributed by atoms with Crippen LogP contribution < -0.4 is 5.32 Å². The Balaban J connectivity index is 2.12. The van der Waals surface area contributed by atoms with Crippen molar-refractivity contribution in [2.75, 3.05) is 5.32 Å². The van der Waals surface area contributed by atoms with Crippen LogP contribution in [0.15, 0.2) is 48.2 Å². The van der Waals surface area contributed by atoms with E-state index in [1.165, 1.54) is 0 Å². The predicted molar refractivity (Wildman–Crippen MR) is 87.3 cm³/mol. The molecule has 3 aromatic heterocycles. The normalized spacial score (nSPS) is 10.8. The molecule has 0 radical (unpaired) electrons. The molecule has 0 bridgehead atoms. The molecule has 0 atom stereocenters. The minimum absolute atomic E-state index is 0.291. The summed E-state index contributed by atoms with van der Waals surface area (Å²) >= 11 is 1.68. The largest absolute Gasteiger partial charge is 0.352 e. The summed E-state index contributed by atoms with van der Waals surface area (Å²) in [5, 5.41) is 5.31. The lowest BCUT2D eigenvalue weighted by molar-refractivity contribution is 0.875. The minimum Gasteiger partial charge on any atom is -0.352 e. The van der Waals surface area contributed by atoms with Crippen molar-refractivity contribution in [1.82, 2.24) is 15.0 Å². The Morgan fingerprint density at radius 1 is 1.14 bits per heavy atom. The van der Waals surface area contributed by atoms with Crippen LogP contribution in [0.4, 0.5) is 5.95 Å². The number of pyridine rings is 1. The Hall–Kier alpha value is -2.27. The van der Waals surface area contributed by atoms with Gasteiger partial charge in [0.15, 0.2) is 0 Å². The molecular formula is C16H16N4S. The highest BCUT2D eigenvalue weighted by Gasteiger charge is 2.12. The van der Waals surface area contributed by atoms with E-state index in [0.29, 0.717) is 12.0 Å². The van der Waals surface area contributed by atoms with E-state index in [4.69, 9.17) is 0 Å². The third-order valence-corrected chi connectivity index (χ3v) is 3.83. The number of aromatic nitrogens is 3. The van der Waals surface area contributed by atoms with E-state index in [-0.39, 0.29) is 0 Å². The maximum atomic E-state index is 4.68. The second-order valence-corrected chi connectivity index (χ2v) is 5.92. The fourth-order valence-corrected chi connectivity index (χ4v) is 2.78. The maximum Gasteiger partial charge on any atom is 0.223 e. The summed E-state index contributed by atoms with van der Waals surface area (Å²) in [5.74, 6) is 0.643. The Bertz CT molecular complexity index is 708. The minimum atomic E-state index is 0.291. The van der Waals surface area contributed by atoms with Gasteiger partial charge in [-0.2, -0.15) is 0 Å². The van der Waals surface area contributed by atoms with Crippen LogP contribution >= 0.6 is 11.3 Å². The maximum absolute atomic E-state index is 4.68. The standard InChI is InChI=1S/C16H16N4S/c1-11(2)19-16-18-10-13(14-6-4-8-21-14)15(20-16)12-5-3-7-17-9-12/h3-11H,1-2H3,(H,18,19,20). The topological polar surface area (TPSA) is 50.7 Å². The predicted octanol–water partition coefficient (Wildman–Crippen LogP) is 4.09. The van der Waals surface area contributed by atoms with E-state index in [0.717, 1.165) is 21.7 Å². The van der Waals surface area contributed by atoms with Gasteiger partial charge in [0.05, 0.1) is 5.69 Å². The average molecular weight is 296 g/mol. The van der Waals surface area contributed by atoms with Crippen LogP contribution in [-0.4, -0.2) is 21.0 Å². The molecule has 0 amide bonds. The van der Waals surface area contributed by atoms with E-state index in [9.17, 15) is 0 Å². The number of rotatable bonds is 4. The summed E-state index contributed by atoms with van der Waals surface area (Å²) < 4.78 is 0. The van der Waals surface area contributed by atoms with Gasteiger partial charge in [0.2, 0.25) is 5.95 Å². The fraction of sp³-hybridized carbons (Fsp3) is 0.188. The smallest absolute Gasteiger partial charge is 0.223 e. The van der Waals surface area contributed by atoms with Gasteiger partial charge < -0.3 is 5.32 Å². The molecule has 0 unspecified atom stereocenters. The van der Waals surface area contributed by atoms with Crippen molar-refractivity contribution in [2.24, 2.45) is 0 Å². The highest BCUT2D eigenvalue weighted by atomic mass is 32.1. The molecule has 106 valence electrons. The molecule has 21 heavy (non-hydrogen) atoms. The number of thiophene rings is 1. The molecule has 0 aliphatic carbocycles. The summed E-state index contributed by atoms with van der Waals surface area (Å²) in [6.45, 7) is 4.14. The number of nitrogens with one attached hydrogen (secondary N) is 1. The Morgan fingerprint density at radius 2 is 2.05 bits per heavy atom. The molecule has 5 heteroatoms. The van der Waals surface area contributed by atoms with Gasteiger partial charge in [-0.05, 0) is 37.4 Å². The number of nitrogens with zero attached hydrogens (tertiary/aromatic N) is 3. The second kappa shape index (κ2) is 6.01. The SMILES string of the molecule is CC(C)Nc1ncc(-c2cccs2)c(-c2cccnc2)n1. The van der Waals surface area contributed by atoms with Crippen molar-refractivity contribution in [3.8, 4) is 21.7 Å². The zero-order chi connectivity index (χ0) is 14.7. The zero-order valence-corrected chi connectivity index (χ0v) is 12.8. The molecular weight excluding hydrogens is 280 g/mol. The second-order valence-electron chi connectivity index (χ2n) is 4.97. The monoisotopic (exact) mass is 296 g/mol. The van der Waals surface area contributed by atoms with Gasteiger partial charge in [-0.15, -0.1) is 11.3 Å². The van der Waals surface area contributed by atoms with E-state index in [2.05, 4.69) is 45.6 Å². The van der Waals surface area contributed by atoms with Gasteiger partial charge in [-0.1, -0.05) is 6.07 Å². The van der Waals surface area contributed by atoms with Crippen LogP contribution in [0.1, 0.15) is 13.8 Å². The molecule has 3 rings (SSSR count). The average Bonchev–Trinajstić information content (AvgIpc) is 3.01. The molecule has 0 aromatic carbocycles. The molecule has 1 N–H and O–H groups in total. The van der Waals surface area contributed by atoms with Crippen molar-refractivity contribution >= 4 is 17.3 Å². The molecule has 0 saturated heterocycles. The van der Waals surface area contributed by atoms with Crippen molar-refractivity contribution in [2.45, 2.75) is 19.9 Å². The lowest BCUT2D eigenvalue weighted by atomic mass is 10.1. The third kappa shape index (κ3) is 3.08. The zero-order valence-electron chi connectivity index (χ0n) is 11.9. The highest BCUT2D eigenvalue weighted by Crippen LogP contribution is 2.33. The number of hydrogen-bond donors (Lipinski definition) is 1. The van der Waals surface area contributed by atoms with Crippen LogP contribution in [0.2, 0.25) is 0 Å². The molecule has 4 nitrogen and oxygen atoms in total. The van der Waals surface area contributed by atoms with Crippen LogP contribution in [0, 0.1) is 0 Å². The van der Waals surface area contributed by atoms with E-state index in [1.54, 1.807) is 17.5 Å². The summed E-state index contributed by atoms with van der Waals surface area (Å²) in [6, 6.07) is 8.35. The van der Waals surface area contributed by atoms with E-state index >= 15 is 0 Å². The highest BCUT2D eigenvalue weighted by molar-refractivity contribution is 7.13. The van der Waals surface area contributed by atoms with Crippen molar-refractivity contribution < 1.29 is 0 Å². The molecule has 0 spiro atoms. The molecule has 0 aliphatic rings. The third-order valence-electron chi connectivity index (χ3n) is 2.93. The lowest BCUT2D eigenvalue weighted by Gasteiger charge is -2.12. The van der Waals surface area contributed by atoms with Crippen LogP contribution in [0.3, 0.4) is 0 Å². The van der Waals surface area contributed by atoms with Gasteiger partial charge in [0.25, 0.3) is 0 Å². The summed E-state index contributed by atoms with van der Waals surface area (Å²) in [7, 11) is 0. The first-order valence-corrected chi connectivity index (χ1v) is 7.70. The van der Waals surface area contributed by atoms with Crippen molar-refractivity contribution in [1.29, 1.82) is 0 Å². The molecule has 3 heterocycles. The number of anilines is 1. The Morgan fingerprint density at radius 3 is 2.71 bits per heavy atom. The quantitative estimate of drug-likeness (QED) is 0.788. The summed E-state index contributed by atoms with van der Waals surface area (Å²) in [5.41, 5.74) is 2.94. The van der Waals surface area contributed by atoms with Crippen LogP contribution in [0.5, 0.6) is 0 Å². The van der Waals surface area contributed by atoms with Gasteiger partial charge in [-0.25, -0.2) is 9.97 Å². The Kier molecular flexibility index (Phi) is 3.92. The van der Waals surface area contributed by atoms with Gasteiger partial charge in [0.1, 0.15) is 0 Å². The Labute approximate surface area is 127 Å². The lowest BCUT2D eigenvalue weighted by Crippen LogP contribution is -2.12. The van der Waals surface area contributed by atoms with Crippen LogP contribution in [0.25, 0.3) is 21.7 Å². The fourth-order valence-electron chi connectivity index (χ4n) is 2.04. The van der Waals surface area contributed by atoms with Crippen LogP contribution in [-0.2, 0) is 0 Å². The van der Waals surface area contributed by atoms with Crippen molar-refractivity contribution in [3.05, 3.63) is 48.2 Å². The van der Waals surface area contributed by atoms with Crippen molar-refractivity contribution in [3.63, 3.8) is 0 Å². The van der Waals surface area contributed by atoms with E-state index in [1.807, 2.05) is 30.6 Å². The first kappa shape index (κ1) is 13.7. The first-order valence-electron chi connectivity index (χ1n) is 6.82.